The second-order valence-electron chi connectivity index (χ2n) is 9.32. The van der Waals surface area contributed by atoms with Crippen molar-refractivity contribution in [1.29, 1.82) is 0 Å². The Labute approximate surface area is 242 Å². The van der Waals surface area contributed by atoms with E-state index >= 15 is 0 Å². The number of aliphatic hydroxyl groups excluding tert-OH is 1. The highest BCUT2D eigenvalue weighted by Gasteiger charge is 2.47. The number of hydrogen-bond donors (Lipinski definition) is 1. The van der Waals surface area contributed by atoms with Gasteiger partial charge in [0.25, 0.3) is 11.7 Å². The number of halogens is 2. The highest BCUT2D eigenvalue weighted by Crippen LogP contribution is 2.48. The van der Waals surface area contributed by atoms with Crippen molar-refractivity contribution in [3.63, 3.8) is 0 Å². The minimum atomic E-state index is -1.03. The third-order valence-electron chi connectivity index (χ3n) is 6.80. The van der Waals surface area contributed by atoms with Crippen LogP contribution in [0.15, 0.2) is 54.1 Å². The molecule has 0 radical (unpaired) electrons. The van der Waals surface area contributed by atoms with Crippen molar-refractivity contribution in [2.45, 2.75) is 25.8 Å². The summed E-state index contributed by atoms with van der Waals surface area (Å²) < 4.78 is 21.6. The molecule has 0 aliphatic carbocycles. The Bertz CT molecular complexity index is 1500. The van der Waals surface area contributed by atoms with Crippen LogP contribution in [0, 0.1) is 0 Å². The first-order valence-electron chi connectivity index (χ1n) is 12.3. The van der Waals surface area contributed by atoms with E-state index in [9.17, 15) is 14.7 Å². The van der Waals surface area contributed by atoms with Gasteiger partial charge in [-0.2, -0.15) is 0 Å². The van der Waals surface area contributed by atoms with E-state index in [2.05, 4.69) is 13.8 Å². The first-order valence-corrected chi connectivity index (χ1v) is 13.1. The monoisotopic (exact) mass is 585 g/mol. The van der Waals surface area contributed by atoms with Crippen molar-refractivity contribution < 1.29 is 33.6 Å². The van der Waals surface area contributed by atoms with E-state index in [0.717, 1.165) is 5.56 Å². The van der Waals surface area contributed by atoms with Gasteiger partial charge in [-0.25, -0.2) is 0 Å². The van der Waals surface area contributed by atoms with E-state index in [-0.39, 0.29) is 38.6 Å². The molecular formula is C30H29Cl2NO7. The summed E-state index contributed by atoms with van der Waals surface area (Å²) in [5, 5.41) is 11.7. The Balaban J connectivity index is 2.02. The van der Waals surface area contributed by atoms with Crippen LogP contribution < -0.4 is 23.8 Å². The minimum absolute atomic E-state index is 0.000203. The summed E-state index contributed by atoms with van der Waals surface area (Å²) in [6, 6.07) is 12.7. The molecule has 0 spiro atoms. The molecule has 0 bridgehead atoms. The molecule has 1 N–H and O–H groups in total. The third-order valence-corrected chi connectivity index (χ3v) is 7.42. The van der Waals surface area contributed by atoms with Crippen molar-refractivity contribution in [3.05, 3.63) is 80.8 Å². The van der Waals surface area contributed by atoms with Gasteiger partial charge in [0.15, 0.2) is 23.0 Å². The van der Waals surface area contributed by atoms with Crippen molar-refractivity contribution >= 4 is 46.3 Å². The average Bonchev–Trinajstić information content (AvgIpc) is 3.22. The van der Waals surface area contributed by atoms with Crippen LogP contribution in [-0.4, -0.2) is 45.2 Å². The van der Waals surface area contributed by atoms with Gasteiger partial charge in [-0.3, -0.25) is 14.5 Å². The number of nitrogens with zero attached hydrogens (tertiary/aromatic N) is 1. The molecule has 3 aromatic rings. The van der Waals surface area contributed by atoms with E-state index in [4.69, 9.17) is 42.1 Å². The van der Waals surface area contributed by atoms with Crippen molar-refractivity contribution in [3.8, 4) is 23.0 Å². The lowest BCUT2D eigenvalue weighted by Gasteiger charge is -2.26. The summed E-state index contributed by atoms with van der Waals surface area (Å²) in [5.74, 6) is -0.948. The molecule has 1 atom stereocenters. The summed E-state index contributed by atoms with van der Waals surface area (Å²) in [4.78, 5) is 28.6. The summed E-state index contributed by atoms with van der Waals surface area (Å²) in [7, 11) is 5.73. The molecule has 40 heavy (non-hydrogen) atoms. The molecule has 10 heteroatoms. The number of rotatable bonds is 8. The van der Waals surface area contributed by atoms with Crippen LogP contribution in [0.1, 0.15) is 42.5 Å². The molecule has 1 aliphatic heterocycles. The highest BCUT2D eigenvalue weighted by molar-refractivity contribution is 6.52. The Morgan fingerprint density at radius 3 is 2.02 bits per heavy atom. The standard InChI is InChI=1S/C30H29Cl2NO7/c1-15(2)16-7-10-18(11-8-16)33-25(17-9-12-21(37-3)22(13-17)38-4)23(27(35)30(33)36)26(34)19-14-20(31)29(40-6)24(32)28(19)39-5/h7-15,25,34H,1-6H3/b26-23+. The Kier molecular flexibility index (Phi) is 8.51. The number of benzene rings is 3. The van der Waals surface area contributed by atoms with Gasteiger partial charge < -0.3 is 24.1 Å². The summed E-state index contributed by atoms with van der Waals surface area (Å²) in [6.45, 7) is 4.12. The topological polar surface area (TPSA) is 94.5 Å². The predicted molar refractivity (Wildman–Crippen MR) is 154 cm³/mol. The zero-order valence-electron chi connectivity index (χ0n) is 22.9. The molecule has 0 saturated carbocycles. The molecule has 4 rings (SSSR count). The molecule has 1 unspecified atom stereocenters. The largest absolute Gasteiger partial charge is 0.507 e. The Hall–Kier alpha value is -3.88. The first kappa shape index (κ1) is 29.1. The molecular weight excluding hydrogens is 557 g/mol. The molecule has 1 saturated heterocycles. The normalized spacial score (nSPS) is 16.4. The molecule has 1 aliphatic rings. The van der Waals surface area contributed by atoms with Gasteiger partial charge >= 0.3 is 0 Å². The van der Waals surface area contributed by atoms with E-state index < -0.39 is 23.5 Å². The van der Waals surface area contributed by atoms with Gasteiger partial charge in [0, 0.05) is 5.69 Å². The van der Waals surface area contributed by atoms with Crippen LogP contribution in [0.2, 0.25) is 10.0 Å². The number of methoxy groups -OCH3 is 4. The maximum absolute atomic E-state index is 13.6. The summed E-state index contributed by atoms with van der Waals surface area (Å²) >= 11 is 12.8. The van der Waals surface area contributed by atoms with Crippen molar-refractivity contribution in [1.82, 2.24) is 0 Å². The minimum Gasteiger partial charge on any atom is -0.507 e. The van der Waals surface area contributed by atoms with E-state index in [1.807, 2.05) is 12.1 Å². The Morgan fingerprint density at radius 1 is 0.850 bits per heavy atom. The maximum atomic E-state index is 13.6. The van der Waals surface area contributed by atoms with Crippen molar-refractivity contribution in [2.75, 3.05) is 33.3 Å². The quantitative estimate of drug-likeness (QED) is 0.177. The zero-order valence-corrected chi connectivity index (χ0v) is 24.4. The fourth-order valence-corrected chi connectivity index (χ4v) is 5.44. The fraction of sp³-hybridized carbons (Fsp3) is 0.267. The average molecular weight is 586 g/mol. The van der Waals surface area contributed by atoms with Crippen LogP contribution in [0.25, 0.3) is 5.76 Å². The van der Waals surface area contributed by atoms with Gasteiger partial charge in [0.1, 0.15) is 10.8 Å². The molecule has 8 nitrogen and oxygen atoms in total. The number of aliphatic hydroxyl groups is 1. The van der Waals surface area contributed by atoms with Crippen molar-refractivity contribution in [2.24, 2.45) is 0 Å². The van der Waals surface area contributed by atoms with Gasteiger partial charge in [0.2, 0.25) is 0 Å². The van der Waals surface area contributed by atoms with Crippen LogP contribution in [0.3, 0.4) is 0 Å². The number of carbonyl (C=O) groups excluding carboxylic acids is 2. The highest BCUT2D eigenvalue weighted by atomic mass is 35.5. The van der Waals surface area contributed by atoms with E-state index in [1.165, 1.54) is 39.4 Å². The Morgan fingerprint density at radius 2 is 1.48 bits per heavy atom. The lowest BCUT2D eigenvalue weighted by molar-refractivity contribution is -0.132. The number of anilines is 1. The van der Waals surface area contributed by atoms with Crippen LogP contribution in [-0.2, 0) is 9.59 Å². The maximum Gasteiger partial charge on any atom is 0.300 e. The first-order chi connectivity index (χ1) is 19.1. The lowest BCUT2D eigenvalue weighted by atomic mass is 9.94. The molecule has 1 fully saturated rings. The number of ketones is 1. The third kappa shape index (κ3) is 4.93. The second-order valence-corrected chi connectivity index (χ2v) is 10.1. The zero-order chi connectivity index (χ0) is 29.3. The second kappa shape index (κ2) is 11.7. The summed E-state index contributed by atoms with van der Waals surface area (Å²) in [5.41, 5.74) is 1.88. The van der Waals surface area contributed by atoms with Gasteiger partial charge in [-0.05, 0) is 47.4 Å². The molecule has 210 valence electrons. The number of amides is 1. The van der Waals surface area contributed by atoms with E-state index in [1.54, 1.807) is 30.3 Å². The number of hydrogen-bond acceptors (Lipinski definition) is 7. The van der Waals surface area contributed by atoms with Crippen LogP contribution in [0.4, 0.5) is 5.69 Å². The number of Topliss-reactive ketones (excluding diaryl/α,β-unsaturated/α-hetero) is 1. The molecule has 1 heterocycles. The fourth-order valence-electron chi connectivity index (χ4n) is 4.75. The predicted octanol–water partition coefficient (Wildman–Crippen LogP) is 6.78. The smallest absolute Gasteiger partial charge is 0.300 e. The summed E-state index contributed by atoms with van der Waals surface area (Å²) in [6.07, 6.45) is 0. The molecule has 3 aromatic carbocycles. The SMILES string of the molecule is COc1ccc(C2/C(=C(\O)c3cc(Cl)c(OC)c(Cl)c3OC)C(=O)C(=O)N2c2ccc(C(C)C)cc2)cc1OC. The van der Waals surface area contributed by atoms with Gasteiger partial charge in [-0.15, -0.1) is 0 Å². The van der Waals surface area contributed by atoms with Gasteiger partial charge in [-0.1, -0.05) is 55.2 Å². The van der Waals surface area contributed by atoms with E-state index in [0.29, 0.717) is 22.7 Å². The van der Waals surface area contributed by atoms with Crippen LogP contribution in [0.5, 0.6) is 23.0 Å². The number of carbonyl (C=O) groups is 2. The van der Waals surface area contributed by atoms with Gasteiger partial charge in [0.05, 0.1) is 50.6 Å². The molecule has 0 aromatic heterocycles. The lowest BCUT2D eigenvalue weighted by Crippen LogP contribution is -2.29. The number of ether oxygens (including phenoxy) is 4. The van der Waals surface area contributed by atoms with Crippen LogP contribution >= 0.6 is 23.2 Å². The molecule has 1 amide bonds.